The molecule has 17 heavy (non-hydrogen) atoms. The molecule has 0 spiro atoms. The lowest BCUT2D eigenvalue weighted by Gasteiger charge is -2.13. The molecular weight excluding hydrogens is 220 g/mol. The first-order valence-electron chi connectivity index (χ1n) is 6.27. The van der Waals surface area contributed by atoms with Crippen LogP contribution < -0.4 is 0 Å². The van der Waals surface area contributed by atoms with Crippen LogP contribution in [0.5, 0.6) is 0 Å². The van der Waals surface area contributed by atoms with Crippen LogP contribution in [0.15, 0.2) is 0 Å². The third kappa shape index (κ3) is 8.86. The number of rotatable bonds is 9. The van der Waals surface area contributed by atoms with Crippen LogP contribution in [-0.2, 0) is 19.1 Å². The Morgan fingerprint density at radius 1 is 1.18 bits per heavy atom. The highest BCUT2D eigenvalue weighted by Crippen LogP contribution is 2.03. The molecule has 100 valence electrons. The van der Waals surface area contributed by atoms with Gasteiger partial charge >= 0.3 is 5.97 Å². The monoisotopic (exact) mass is 244 g/mol. The van der Waals surface area contributed by atoms with Crippen LogP contribution in [0, 0.1) is 5.92 Å². The fourth-order valence-electron chi connectivity index (χ4n) is 1.14. The normalized spacial score (nSPS) is 12.5. The highest BCUT2D eigenvalue weighted by molar-refractivity contribution is 5.96. The third-order valence-corrected chi connectivity index (χ3v) is 2.29. The van der Waals surface area contributed by atoms with Crippen molar-refractivity contribution < 1.29 is 19.1 Å². The fraction of sp³-hybridized carbons (Fsp3) is 0.846. The Bertz CT molecular complexity index is 236. The Morgan fingerprint density at radius 2 is 1.82 bits per heavy atom. The third-order valence-electron chi connectivity index (χ3n) is 2.29. The van der Waals surface area contributed by atoms with E-state index in [0.717, 1.165) is 12.8 Å². The van der Waals surface area contributed by atoms with Crippen molar-refractivity contribution in [3.05, 3.63) is 0 Å². The molecule has 0 aliphatic carbocycles. The molecule has 0 N–H and O–H groups in total. The van der Waals surface area contributed by atoms with Crippen molar-refractivity contribution in [2.24, 2.45) is 5.92 Å². The molecule has 0 aromatic carbocycles. The molecule has 0 aliphatic heterocycles. The summed E-state index contributed by atoms with van der Waals surface area (Å²) in [4.78, 5) is 22.7. The van der Waals surface area contributed by atoms with Gasteiger partial charge in [0.05, 0.1) is 6.61 Å². The topological polar surface area (TPSA) is 52.6 Å². The number of carbonyl (C=O) groups is 2. The first-order chi connectivity index (χ1) is 7.97. The number of hydrogen-bond donors (Lipinski definition) is 0. The van der Waals surface area contributed by atoms with E-state index in [1.54, 1.807) is 20.8 Å². The Labute approximate surface area is 104 Å². The van der Waals surface area contributed by atoms with E-state index in [1.807, 2.05) is 0 Å². The lowest BCUT2D eigenvalue weighted by molar-refractivity contribution is -0.153. The van der Waals surface area contributed by atoms with Gasteiger partial charge < -0.3 is 9.47 Å². The Morgan fingerprint density at radius 3 is 2.35 bits per heavy atom. The van der Waals surface area contributed by atoms with E-state index in [-0.39, 0.29) is 24.2 Å². The minimum Gasteiger partial charge on any atom is -0.460 e. The predicted molar refractivity (Wildman–Crippen MR) is 65.7 cm³/mol. The quantitative estimate of drug-likeness (QED) is 0.355. The zero-order valence-electron chi connectivity index (χ0n) is 11.3. The van der Waals surface area contributed by atoms with Crippen molar-refractivity contribution in [3.63, 3.8) is 0 Å². The minimum atomic E-state index is -0.463. The number of ether oxygens (including phenoxy) is 2. The van der Waals surface area contributed by atoms with Gasteiger partial charge in [-0.2, -0.15) is 0 Å². The molecule has 0 saturated heterocycles. The second-order valence-corrected chi connectivity index (χ2v) is 4.53. The lowest BCUT2D eigenvalue weighted by atomic mass is 10.1. The lowest BCUT2D eigenvalue weighted by Crippen LogP contribution is -2.23. The highest BCUT2D eigenvalue weighted by Gasteiger charge is 2.16. The molecule has 0 heterocycles. The second kappa shape index (κ2) is 9.16. The van der Waals surface area contributed by atoms with Crippen LogP contribution in [0.25, 0.3) is 0 Å². The molecule has 0 rings (SSSR count). The minimum absolute atomic E-state index is 0.0888. The smallest absolute Gasteiger partial charge is 0.313 e. The maximum atomic E-state index is 11.4. The summed E-state index contributed by atoms with van der Waals surface area (Å²) in [5.41, 5.74) is 0. The molecule has 0 radical (unpaired) electrons. The maximum Gasteiger partial charge on any atom is 0.313 e. The van der Waals surface area contributed by atoms with E-state index in [1.165, 1.54) is 0 Å². The standard InChI is InChI=1S/C13H24O4/c1-5-6-7-16-9-11(4)17-13(15)8-12(14)10(2)3/h10-11H,5-9H2,1-4H3. The van der Waals surface area contributed by atoms with E-state index >= 15 is 0 Å². The second-order valence-electron chi connectivity index (χ2n) is 4.53. The van der Waals surface area contributed by atoms with Crippen LogP contribution in [0.3, 0.4) is 0 Å². The predicted octanol–water partition coefficient (Wildman–Crippen LogP) is 2.35. The summed E-state index contributed by atoms with van der Waals surface area (Å²) in [7, 11) is 0. The van der Waals surface area contributed by atoms with Gasteiger partial charge in [0.25, 0.3) is 0 Å². The van der Waals surface area contributed by atoms with Crippen LogP contribution in [0.1, 0.15) is 47.0 Å². The molecule has 0 saturated carbocycles. The summed E-state index contributed by atoms with van der Waals surface area (Å²) >= 11 is 0. The first-order valence-corrected chi connectivity index (χ1v) is 6.27. The van der Waals surface area contributed by atoms with Crippen LogP contribution in [0.4, 0.5) is 0 Å². The number of carbonyl (C=O) groups excluding carboxylic acids is 2. The van der Waals surface area contributed by atoms with Gasteiger partial charge in [-0.05, 0) is 13.3 Å². The van der Waals surface area contributed by atoms with Gasteiger partial charge in [0.1, 0.15) is 18.3 Å². The van der Waals surface area contributed by atoms with E-state index in [0.29, 0.717) is 13.2 Å². The number of esters is 1. The summed E-state index contributed by atoms with van der Waals surface area (Å²) in [5, 5.41) is 0. The van der Waals surface area contributed by atoms with Crippen LogP contribution >= 0.6 is 0 Å². The zero-order chi connectivity index (χ0) is 13.3. The molecule has 4 nitrogen and oxygen atoms in total. The van der Waals surface area contributed by atoms with Crippen molar-refractivity contribution >= 4 is 11.8 Å². The van der Waals surface area contributed by atoms with Crippen molar-refractivity contribution in [2.75, 3.05) is 13.2 Å². The Balaban J connectivity index is 3.69. The van der Waals surface area contributed by atoms with E-state index < -0.39 is 5.97 Å². The van der Waals surface area contributed by atoms with Gasteiger partial charge in [-0.3, -0.25) is 9.59 Å². The first kappa shape index (κ1) is 16.1. The summed E-state index contributed by atoms with van der Waals surface area (Å²) < 4.78 is 10.4. The van der Waals surface area contributed by atoms with Gasteiger partial charge in [0.2, 0.25) is 0 Å². The molecule has 0 aromatic heterocycles. The van der Waals surface area contributed by atoms with Gasteiger partial charge in [-0.25, -0.2) is 0 Å². The number of Topliss-reactive ketones (excluding diaryl/α,β-unsaturated/α-hetero) is 1. The molecule has 0 aromatic rings. The average Bonchev–Trinajstić information content (AvgIpc) is 2.24. The molecule has 0 aliphatic rings. The molecule has 0 fully saturated rings. The molecule has 0 bridgehead atoms. The largest absolute Gasteiger partial charge is 0.460 e. The van der Waals surface area contributed by atoms with Crippen LogP contribution in [-0.4, -0.2) is 31.1 Å². The molecule has 1 atom stereocenters. The van der Waals surface area contributed by atoms with Crippen molar-refractivity contribution in [2.45, 2.75) is 53.1 Å². The van der Waals surface area contributed by atoms with Gasteiger partial charge in [-0.1, -0.05) is 27.2 Å². The van der Waals surface area contributed by atoms with Crippen LogP contribution in [0.2, 0.25) is 0 Å². The average molecular weight is 244 g/mol. The zero-order valence-corrected chi connectivity index (χ0v) is 11.3. The number of unbranched alkanes of at least 4 members (excludes halogenated alkanes) is 1. The van der Waals surface area contributed by atoms with Crippen molar-refractivity contribution in [1.29, 1.82) is 0 Å². The Hall–Kier alpha value is -0.900. The van der Waals surface area contributed by atoms with Crippen molar-refractivity contribution in [1.82, 2.24) is 0 Å². The maximum absolute atomic E-state index is 11.4. The summed E-state index contributed by atoms with van der Waals surface area (Å²) in [6.07, 6.45) is 1.65. The molecule has 0 amide bonds. The Kier molecular flexibility index (Phi) is 8.68. The number of ketones is 1. The molecular formula is C13H24O4. The molecule has 1 unspecified atom stereocenters. The number of hydrogen-bond acceptors (Lipinski definition) is 4. The molecule has 4 heteroatoms. The van der Waals surface area contributed by atoms with E-state index in [9.17, 15) is 9.59 Å². The fourth-order valence-corrected chi connectivity index (χ4v) is 1.14. The van der Waals surface area contributed by atoms with Gasteiger partial charge in [0.15, 0.2) is 0 Å². The van der Waals surface area contributed by atoms with E-state index in [4.69, 9.17) is 9.47 Å². The summed E-state index contributed by atoms with van der Waals surface area (Å²) in [5.74, 6) is -0.678. The van der Waals surface area contributed by atoms with Crippen molar-refractivity contribution in [3.8, 4) is 0 Å². The van der Waals surface area contributed by atoms with E-state index in [2.05, 4.69) is 6.92 Å². The SMILES string of the molecule is CCCCOCC(C)OC(=O)CC(=O)C(C)C. The highest BCUT2D eigenvalue weighted by atomic mass is 16.6. The van der Waals surface area contributed by atoms with Gasteiger partial charge in [0, 0.05) is 12.5 Å². The summed E-state index contributed by atoms with van der Waals surface area (Å²) in [6, 6.07) is 0. The summed E-state index contributed by atoms with van der Waals surface area (Å²) in [6.45, 7) is 8.47. The van der Waals surface area contributed by atoms with Gasteiger partial charge in [-0.15, -0.1) is 0 Å².